The van der Waals surface area contributed by atoms with Crippen LogP contribution in [0.25, 0.3) is 0 Å². The van der Waals surface area contributed by atoms with Gasteiger partial charge in [0.15, 0.2) is 0 Å². The Hall–Kier alpha value is -0.900. The molecule has 1 aliphatic heterocycles. The molecule has 0 bridgehead atoms. The normalized spacial score (nSPS) is 32.9. The standard InChI is InChI=1S/C11H17N3/c12-9-6-10(14-11(13)7-9)8-4-2-1-3-5-8/h1-5,9-11,14H,6-7,12-13H2. The highest BCUT2D eigenvalue weighted by atomic mass is 15.1. The molecule has 3 nitrogen and oxygen atoms in total. The van der Waals surface area contributed by atoms with Crippen molar-refractivity contribution in [1.29, 1.82) is 0 Å². The minimum Gasteiger partial charge on any atom is -0.328 e. The Bertz CT molecular complexity index is 276. The molecule has 1 saturated heterocycles. The van der Waals surface area contributed by atoms with E-state index in [9.17, 15) is 0 Å². The number of hydrogen-bond acceptors (Lipinski definition) is 3. The molecule has 1 aliphatic rings. The lowest BCUT2D eigenvalue weighted by Crippen LogP contribution is -2.50. The molecule has 5 N–H and O–H groups in total. The summed E-state index contributed by atoms with van der Waals surface area (Å²) in [5, 5.41) is 3.36. The van der Waals surface area contributed by atoms with Crippen LogP contribution in [0.2, 0.25) is 0 Å². The second-order valence-electron chi connectivity index (χ2n) is 3.97. The van der Waals surface area contributed by atoms with Crippen LogP contribution < -0.4 is 16.8 Å². The lowest BCUT2D eigenvalue weighted by atomic mass is 9.93. The number of hydrogen-bond donors (Lipinski definition) is 3. The first-order chi connectivity index (χ1) is 6.75. The minimum absolute atomic E-state index is 0.0314. The van der Waals surface area contributed by atoms with Crippen LogP contribution in [0.1, 0.15) is 24.4 Å². The lowest BCUT2D eigenvalue weighted by Gasteiger charge is -2.32. The van der Waals surface area contributed by atoms with Crippen LogP contribution in [0.5, 0.6) is 0 Å². The quantitative estimate of drug-likeness (QED) is 0.613. The first kappa shape index (κ1) is 9.65. The molecule has 3 unspecified atom stereocenters. The molecule has 0 saturated carbocycles. The van der Waals surface area contributed by atoms with Crippen LogP contribution in [-0.4, -0.2) is 12.2 Å². The summed E-state index contributed by atoms with van der Waals surface area (Å²) in [5.74, 6) is 0. The van der Waals surface area contributed by atoms with Gasteiger partial charge in [0.1, 0.15) is 0 Å². The molecule has 0 aliphatic carbocycles. The van der Waals surface area contributed by atoms with E-state index in [2.05, 4.69) is 17.4 Å². The first-order valence-corrected chi connectivity index (χ1v) is 5.08. The van der Waals surface area contributed by atoms with Crippen molar-refractivity contribution >= 4 is 0 Å². The molecule has 1 heterocycles. The van der Waals surface area contributed by atoms with Gasteiger partial charge < -0.3 is 11.5 Å². The predicted octanol–water partition coefficient (Wildman–Crippen LogP) is 0.723. The third-order valence-corrected chi connectivity index (χ3v) is 2.71. The van der Waals surface area contributed by atoms with Crippen molar-refractivity contribution in [3.63, 3.8) is 0 Å². The molecule has 1 aromatic carbocycles. The average molecular weight is 191 g/mol. The molecule has 1 fully saturated rings. The van der Waals surface area contributed by atoms with Crippen molar-refractivity contribution in [3.8, 4) is 0 Å². The highest BCUT2D eigenvalue weighted by molar-refractivity contribution is 5.19. The maximum Gasteiger partial charge on any atom is 0.0566 e. The van der Waals surface area contributed by atoms with Gasteiger partial charge >= 0.3 is 0 Å². The van der Waals surface area contributed by atoms with E-state index in [1.54, 1.807) is 0 Å². The van der Waals surface area contributed by atoms with Gasteiger partial charge in [-0.3, -0.25) is 5.32 Å². The van der Waals surface area contributed by atoms with Gasteiger partial charge in [-0.05, 0) is 18.4 Å². The zero-order chi connectivity index (χ0) is 9.97. The van der Waals surface area contributed by atoms with Gasteiger partial charge in [0.2, 0.25) is 0 Å². The third-order valence-electron chi connectivity index (χ3n) is 2.71. The largest absolute Gasteiger partial charge is 0.328 e. The van der Waals surface area contributed by atoms with Crippen molar-refractivity contribution < 1.29 is 0 Å². The van der Waals surface area contributed by atoms with Crippen molar-refractivity contribution in [2.75, 3.05) is 0 Å². The molecule has 0 amide bonds. The maximum absolute atomic E-state index is 5.93. The van der Waals surface area contributed by atoms with Gasteiger partial charge in [-0.2, -0.15) is 0 Å². The monoisotopic (exact) mass is 191 g/mol. The molecule has 0 spiro atoms. The summed E-state index contributed by atoms with van der Waals surface area (Å²) in [6, 6.07) is 10.9. The Kier molecular flexibility index (Phi) is 2.82. The van der Waals surface area contributed by atoms with Crippen LogP contribution in [-0.2, 0) is 0 Å². The van der Waals surface area contributed by atoms with E-state index < -0.39 is 0 Å². The summed E-state index contributed by atoms with van der Waals surface area (Å²) in [4.78, 5) is 0. The molecule has 3 atom stereocenters. The number of rotatable bonds is 1. The smallest absolute Gasteiger partial charge is 0.0566 e. The van der Waals surface area contributed by atoms with Crippen LogP contribution in [0.15, 0.2) is 30.3 Å². The fourth-order valence-corrected chi connectivity index (χ4v) is 2.04. The van der Waals surface area contributed by atoms with E-state index in [1.165, 1.54) is 5.56 Å². The molecule has 1 aromatic rings. The maximum atomic E-state index is 5.93. The van der Waals surface area contributed by atoms with E-state index in [1.807, 2.05) is 18.2 Å². The zero-order valence-corrected chi connectivity index (χ0v) is 8.19. The molecular weight excluding hydrogens is 174 g/mol. The van der Waals surface area contributed by atoms with Crippen molar-refractivity contribution in [3.05, 3.63) is 35.9 Å². The third kappa shape index (κ3) is 2.12. The second-order valence-corrected chi connectivity index (χ2v) is 3.97. The molecular formula is C11H17N3. The summed E-state index contributed by atoms with van der Waals surface area (Å²) in [6.45, 7) is 0. The highest BCUT2D eigenvalue weighted by Gasteiger charge is 2.24. The van der Waals surface area contributed by atoms with Gasteiger partial charge in [-0.15, -0.1) is 0 Å². The zero-order valence-electron chi connectivity index (χ0n) is 8.19. The molecule has 0 aromatic heterocycles. The van der Waals surface area contributed by atoms with Crippen LogP contribution in [0, 0.1) is 0 Å². The number of benzene rings is 1. The summed E-state index contributed by atoms with van der Waals surface area (Å²) >= 11 is 0. The van der Waals surface area contributed by atoms with E-state index >= 15 is 0 Å². The van der Waals surface area contributed by atoms with Crippen molar-refractivity contribution in [1.82, 2.24) is 5.32 Å². The molecule has 3 heteroatoms. The van der Waals surface area contributed by atoms with E-state index in [-0.39, 0.29) is 12.2 Å². The van der Waals surface area contributed by atoms with Crippen LogP contribution in [0.3, 0.4) is 0 Å². The molecule has 2 rings (SSSR count). The Labute approximate surface area is 84.5 Å². The van der Waals surface area contributed by atoms with Gasteiger partial charge in [-0.25, -0.2) is 0 Å². The first-order valence-electron chi connectivity index (χ1n) is 5.08. The minimum atomic E-state index is 0.0314. The van der Waals surface area contributed by atoms with Crippen LogP contribution >= 0.6 is 0 Å². The number of nitrogens with one attached hydrogen (secondary N) is 1. The van der Waals surface area contributed by atoms with E-state index in [0.717, 1.165) is 12.8 Å². The summed E-state index contributed by atoms with van der Waals surface area (Å²) in [7, 11) is 0. The Morgan fingerprint density at radius 3 is 2.43 bits per heavy atom. The van der Waals surface area contributed by atoms with Crippen LogP contribution in [0.4, 0.5) is 0 Å². The molecule has 14 heavy (non-hydrogen) atoms. The average Bonchev–Trinajstić information content (AvgIpc) is 2.18. The lowest BCUT2D eigenvalue weighted by molar-refractivity contribution is 0.298. The Morgan fingerprint density at radius 1 is 1.07 bits per heavy atom. The van der Waals surface area contributed by atoms with Gasteiger partial charge in [0, 0.05) is 12.1 Å². The van der Waals surface area contributed by atoms with Gasteiger partial charge in [0.05, 0.1) is 6.17 Å². The fraction of sp³-hybridized carbons (Fsp3) is 0.455. The summed E-state index contributed by atoms with van der Waals surface area (Å²) in [5.41, 5.74) is 13.1. The predicted molar refractivity (Wildman–Crippen MR) is 57.5 cm³/mol. The number of piperidine rings is 1. The van der Waals surface area contributed by atoms with E-state index in [0.29, 0.717) is 6.04 Å². The van der Waals surface area contributed by atoms with Crippen molar-refractivity contribution in [2.45, 2.75) is 31.1 Å². The van der Waals surface area contributed by atoms with Crippen molar-refractivity contribution in [2.24, 2.45) is 11.5 Å². The fourth-order valence-electron chi connectivity index (χ4n) is 2.04. The topological polar surface area (TPSA) is 64.1 Å². The summed E-state index contributed by atoms with van der Waals surface area (Å²) < 4.78 is 0. The molecule has 0 radical (unpaired) electrons. The summed E-state index contributed by atoms with van der Waals surface area (Å²) in [6.07, 6.45) is 1.87. The SMILES string of the molecule is NC1CC(N)NC(c2ccccc2)C1. The Balaban J connectivity index is 2.11. The highest BCUT2D eigenvalue weighted by Crippen LogP contribution is 2.23. The Morgan fingerprint density at radius 2 is 1.79 bits per heavy atom. The van der Waals surface area contributed by atoms with Gasteiger partial charge in [-0.1, -0.05) is 30.3 Å². The van der Waals surface area contributed by atoms with E-state index in [4.69, 9.17) is 11.5 Å². The van der Waals surface area contributed by atoms with Gasteiger partial charge in [0.25, 0.3) is 0 Å². The second kappa shape index (κ2) is 4.09. The molecule has 76 valence electrons. The number of nitrogens with two attached hydrogens (primary N) is 2.